The maximum Gasteiger partial charge on any atom is 0.416 e. The fourth-order valence-electron chi connectivity index (χ4n) is 3.81. The van der Waals surface area contributed by atoms with E-state index in [4.69, 9.17) is 0 Å². The molecule has 0 radical (unpaired) electrons. The van der Waals surface area contributed by atoms with E-state index in [9.17, 15) is 18.0 Å². The summed E-state index contributed by atoms with van der Waals surface area (Å²) in [6, 6.07) is 5.66. The molecule has 3 nitrogen and oxygen atoms in total. The van der Waals surface area contributed by atoms with Crippen molar-refractivity contribution < 1.29 is 18.0 Å². The maximum atomic E-state index is 12.7. The van der Waals surface area contributed by atoms with Crippen LogP contribution in [0.1, 0.15) is 24.0 Å². The summed E-state index contributed by atoms with van der Waals surface area (Å²) in [5.74, 6) is 0.399. The van der Waals surface area contributed by atoms with Crippen molar-refractivity contribution in [2.45, 2.75) is 31.6 Å². The number of carbonyl (C=O) groups excluding carboxylic acids is 1. The second-order valence-corrected chi connectivity index (χ2v) is 6.58. The minimum atomic E-state index is -4.30. The van der Waals surface area contributed by atoms with Gasteiger partial charge in [-0.05, 0) is 49.1 Å². The van der Waals surface area contributed by atoms with Crippen LogP contribution >= 0.6 is 0 Å². The Morgan fingerprint density at radius 3 is 2.58 bits per heavy atom. The lowest BCUT2D eigenvalue weighted by atomic mass is 9.91. The van der Waals surface area contributed by atoms with E-state index < -0.39 is 11.7 Å². The normalized spacial score (nSPS) is 24.7. The van der Waals surface area contributed by atoms with Crippen LogP contribution < -0.4 is 0 Å². The van der Waals surface area contributed by atoms with E-state index in [1.165, 1.54) is 6.08 Å². The number of hydrogen-bond donors (Lipinski definition) is 0. The molecule has 1 aromatic carbocycles. The standard InChI is InChI=1S/C18H21F3N2O/c1-2-17(24)23-11-14-4-3-9-22(16(14)12-23)10-13-5-7-15(8-6-13)18(19,20)21/h2,5-8,14,16H,1,3-4,9-12H2/t14-,16+/m1/s1. The SMILES string of the molecule is C=CC(=O)N1C[C@H]2CCCN(Cc3ccc(C(F)(F)F)cc3)[C@H]2C1. The van der Waals surface area contributed by atoms with E-state index in [2.05, 4.69) is 11.5 Å². The number of fused-ring (bicyclic) bond motifs is 1. The number of alkyl halides is 3. The Bertz CT molecular complexity index is 612. The van der Waals surface area contributed by atoms with Gasteiger partial charge in [0, 0.05) is 25.7 Å². The summed E-state index contributed by atoms with van der Waals surface area (Å²) in [6.45, 7) is 6.50. The Morgan fingerprint density at radius 1 is 1.25 bits per heavy atom. The van der Waals surface area contributed by atoms with E-state index >= 15 is 0 Å². The smallest absolute Gasteiger partial charge is 0.337 e. The van der Waals surface area contributed by atoms with Gasteiger partial charge in [0.05, 0.1) is 5.56 Å². The Balaban J connectivity index is 1.68. The summed E-state index contributed by atoms with van der Waals surface area (Å²) in [5, 5.41) is 0. The van der Waals surface area contributed by atoms with E-state index in [1.807, 2.05) is 4.90 Å². The summed E-state index contributed by atoms with van der Waals surface area (Å²) in [4.78, 5) is 16.0. The molecule has 2 heterocycles. The number of piperidine rings is 1. The Hall–Kier alpha value is -1.82. The number of halogens is 3. The molecule has 130 valence electrons. The molecule has 2 aliphatic heterocycles. The highest BCUT2D eigenvalue weighted by molar-refractivity contribution is 5.87. The zero-order valence-electron chi connectivity index (χ0n) is 13.4. The van der Waals surface area contributed by atoms with Crippen molar-refractivity contribution in [3.8, 4) is 0 Å². The lowest BCUT2D eigenvalue weighted by Crippen LogP contribution is -2.44. The van der Waals surface area contributed by atoms with Crippen LogP contribution in [-0.2, 0) is 17.5 Å². The molecule has 2 aliphatic rings. The predicted octanol–water partition coefficient (Wildman–Crippen LogP) is 3.31. The molecule has 0 unspecified atom stereocenters. The fourth-order valence-corrected chi connectivity index (χ4v) is 3.81. The fraction of sp³-hybridized carbons (Fsp3) is 0.500. The van der Waals surface area contributed by atoms with Crippen LogP contribution in [-0.4, -0.2) is 41.4 Å². The third-order valence-corrected chi connectivity index (χ3v) is 5.05. The number of amides is 1. The number of carbonyl (C=O) groups is 1. The predicted molar refractivity (Wildman–Crippen MR) is 85.1 cm³/mol. The summed E-state index contributed by atoms with van der Waals surface area (Å²) in [6.07, 6.45) is -0.809. The van der Waals surface area contributed by atoms with E-state index in [0.29, 0.717) is 19.0 Å². The first-order valence-corrected chi connectivity index (χ1v) is 8.20. The number of benzene rings is 1. The average Bonchev–Trinajstić information content (AvgIpc) is 2.99. The first-order chi connectivity index (χ1) is 11.4. The van der Waals surface area contributed by atoms with Crippen LogP contribution in [0.25, 0.3) is 0 Å². The lowest BCUT2D eigenvalue weighted by molar-refractivity contribution is -0.137. The monoisotopic (exact) mass is 338 g/mol. The highest BCUT2D eigenvalue weighted by atomic mass is 19.4. The molecule has 0 spiro atoms. The molecule has 24 heavy (non-hydrogen) atoms. The topological polar surface area (TPSA) is 23.6 Å². The van der Waals surface area contributed by atoms with Gasteiger partial charge in [-0.15, -0.1) is 0 Å². The molecule has 0 N–H and O–H groups in total. The zero-order chi connectivity index (χ0) is 17.3. The van der Waals surface area contributed by atoms with Crippen molar-refractivity contribution in [2.24, 2.45) is 5.92 Å². The first-order valence-electron chi connectivity index (χ1n) is 8.20. The third-order valence-electron chi connectivity index (χ3n) is 5.05. The largest absolute Gasteiger partial charge is 0.416 e. The number of nitrogens with zero attached hydrogens (tertiary/aromatic N) is 2. The molecule has 6 heteroatoms. The molecular weight excluding hydrogens is 317 g/mol. The summed E-state index contributed by atoms with van der Waals surface area (Å²) in [7, 11) is 0. The second-order valence-electron chi connectivity index (χ2n) is 6.58. The minimum Gasteiger partial charge on any atom is -0.337 e. The zero-order valence-corrected chi connectivity index (χ0v) is 13.4. The molecule has 0 bridgehead atoms. The Morgan fingerprint density at radius 2 is 1.96 bits per heavy atom. The molecular formula is C18H21F3N2O. The van der Waals surface area contributed by atoms with E-state index in [0.717, 1.165) is 43.6 Å². The van der Waals surface area contributed by atoms with E-state index in [-0.39, 0.29) is 11.9 Å². The number of likely N-dealkylation sites (tertiary alicyclic amines) is 2. The Labute approximate surface area is 139 Å². The second kappa shape index (κ2) is 6.59. The molecule has 2 saturated heterocycles. The molecule has 1 amide bonds. The molecule has 0 aliphatic carbocycles. The molecule has 0 saturated carbocycles. The summed E-state index contributed by atoms with van der Waals surface area (Å²) in [5.41, 5.74) is 0.253. The lowest BCUT2D eigenvalue weighted by Gasteiger charge is -2.36. The summed E-state index contributed by atoms with van der Waals surface area (Å²) >= 11 is 0. The van der Waals surface area contributed by atoms with Gasteiger partial charge < -0.3 is 4.90 Å². The quantitative estimate of drug-likeness (QED) is 0.790. The van der Waals surface area contributed by atoms with Crippen molar-refractivity contribution >= 4 is 5.91 Å². The van der Waals surface area contributed by atoms with Crippen molar-refractivity contribution in [2.75, 3.05) is 19.6 Å². The molecule has 1 aromatic rings. The summed E-state index contributed by atoms with van der Waals surface area (Å²) < 4.78 is 38.0. The molecule has 2 atom stereocenters. The van der Waals surface area contributed by atoms with Gasteiger partial charge in [0.2, 0.25) is 5.91 Å². The van der Waals surface area contributed by atoms with Crippen LogP contribution in [0, 0.1) is 5.92 Å². The Kier molecular flexibility index (Phi) is 4.67. The van der Waals surface area contributed by atoms with Gasteiger partial charge in [-0.3, -0.25) is 9.69 Å². The molecule has 0 aromatic heterocycles. The number of hydrogen-bond acceptors (Lipinski definition) is 2. The van der Waals surface area contributed by atoms with Crippen molar-refractivity contribution in [3.63, 3.8) is 0 Å². The van der Waals surface area contributed by atoms with Gasteiger partial charge in [0.1, 0.15) is 0 Å². The van der Waals surface area contributed by atoms with Crippen LogP contribution in [0.15, 0.2) is 36.9 Å². The van der Waals surface area contributed by atoms with Gasteiger partial charge in [-0.25, -0.2) is 0 Å². The van der Waals surface area contributed by atoms with Gasteiger partial charge in [0.15, 0.2) is 0 Å². The van der Waals surface area contributed by atoms with Crippen molar-refractivity contribution in [1.29, 1.82) is 0 Å². The third kappa shape index (κ3) is 3.48. The maximum absolute atomic E-state index is 12.7. The highest BCUT2D eigenvalue weighted by Crippen LogP contribution is 2.33. The van der Waals surface area contributed by atoms with Gasteiger partial charge in [0.25, 0.3) is 0 Å². The highest BCUT2D eigenvalue weighted by Gasteiger charge is 2.40. The van der Waals surface area contributed by atoms with Gasteiger partial charge in [-0.2, -0.15) is 13.2 Å². The molecule has 3 rings (SSSR count). The van der Waals surface area contributed by atoms with Crippen LogP contribution in [0.3, 0.4) is 0 Å². The van der Waals surface area contributed by atoms with Crippen LogP contribution in [0.2, 0.25) is 0 Å². The first kappa shape index (κ1) is 17.0. The minimum absolute atomic E-state index is 0.0427. The van der Waals surface area contributed by atoms with Crippen molar-refractivity contribution in [1.82, 2.24) is 9.80 Å². The van der Waals surface area contributed by atoms with E-state index in [1.54, 1.807) is 12.1 Å². The van der Waals surface area contributed by atoms with Gasteiger partial charge >= 0.3 is 6.18 Å². The van der Waals surface area contributed by atoms with Crippen LogP contribution in [0.5, 0.6) is 0 Å². The van der Waals surface area contributed by atoms with Crippen molar-refractivity contribution in [3.05, 3.63) is 48.0 Å². The van der Waals surface area contributed by atoms with Gasteiger partial charge in [-0.1, -0.05) is 18.7 Å². The number of rotatable bonds is 3. The van der Waals surface area contributed by atoms with Crippen LogP contribution in [0.4, 0.5) is 13.2 Å². The average molecular weight is 338 g/mol. The molecule has 2 fully saturated rings.